The van der Waals surface area contributed by atoms with Gasteiger partial charge in [0, 0.05) is 38.5 Å². The molecule has 8 aromatic carbocycles. The van der Waals surface area contributed by atoms with Crippen molar-refractivity contribution >= 4 is 76.7 Å². The Labute approximate surface area is 299 Å². The summed E-state index contributed by atoms with van der Waals surface area (Å²) >= 11 is 0. The Bertz CT molecular complexity index is 3000. The molecule has 1 unspecified atom stereocenters. The number of aromatic nitrogens is 1. The Morgan fingerprint density at radius 2 is 1.13 bits per heavy atom. The van der Waals surface area contributed by atoms with Crippen molar-refractivity contribution in [2.24, 2.45) is 4.99 Å². The van der Waals surface area contributed by atoms with Crippen molar-refractivity contribution in [3.05, 3.63) is 193 Å². The van der Waals surface area contributed by atoms with Gasteiger partial charge in [0.2, 0.25) is 0 Å². The first-order valence-corrected chi connectivity index (χ1v) is 17.7. The number of nitrogens with one attached hydrogen (secondary N) is 1. The summed E-state index contributed by atoms with van der Waals surface area (Å²) in [7, 11) is 0. The number of aliphatic imine (C=N–C) groups is 1. The van der Waals surface area contributed by atoms with Crippen LogP contribution >= 0.6 is 0 Å². The quantitative estimate of drug-likeness (QED) is 0.203. The van der Waals surface area contributed by atoms with Gasteiger partial charge in [-0.1, -0.05) is 133 Å². The normalized spacial score (nSPS) is 14.7. The van der Waals surface area contributed by atoms with Gasteiger partial charge in [-0.15, -0.1) is 0 Å². The second kappa shape index (κ2) is 11.3. The SMILES string of the molecule is C1=C(c2cccc3c2oc2ccccc23)NC(c2ccc(-n3c4ccc5ccccc5c4c4c5ccccc5ccc43)cc2)N=C1c1ccccc1. The van der Waals surface area contributed by atoms with Crippen molar-refractivity contribution < 1.29 is 4.42 Å². The molecule has 1 atom stereocenters. The summed E-state index contributed by atoms with van der Waals surface area (Å²) < 4.78 is 8.89. The number of para-hydroxylation sites is 2. The summed E-state index contributed by atoms with van der Waals surface area (Å²) in [6.07, 6.45) is 1.85. The van der Waals surface area contributed by atoms with Crippen LogP contribution in [-0.4, -0.2) is 10.3 Å². The molecule has 4 nitrogen and oxygen atoms in total. The highest BCUT2D eigenvalue weighted by atomic mass is 16.3. The lowest BCUT2D eigenvalue weighted by atomic mass is 10.00. The van der Waals surface area contributed by atoms with Crippen LogP contribution in [0.3, 0.4) is 0 Å². The lowest BCUT2D eigenvalue weighted by Gasteiger charge is -2.25. The van der Waals surface area contributed by atoms with Gasteiger partial charge in [-0.25, -0.2) is 0 Å². The molecule has 11 rings (SSSR count). The number of allylic oxidation sites excluding steroid dienone is 1. The highest BCUT2D eigenvalue weighted by Gasteiger charge is 2.23. The number of fused-ring (bicyclic) bond motifs is 10. The average Bonchev–Trinajstić information content (AvgIpc) is 3.78. The molecule has 0 bridgehead atoms. The third kappa shape index (κ3) is 4.38. The first-order chi connectivity index (χ1) is 25.8. The first kappa shape index (κ1) is 28.9. The van der Waals surface area contributed by atoms with E-state index in [0.717, 1.165) is 55.7 Å². The molecule has 1 N–H and O–H groups in total. The largest absolute Gasteiger partial charge is 0.455 e. The van der Waals surface area contributed by atoms with Gasteiger partial charge in [-0.3, -0.25) is 4.99 Å². The number of hydrogen-bond acceptors (Lipinski definition) is 3. The third-order valence-electron chi connectivity index (χ3n) is 10.6. The Balaban J connectivity index is 1.06. The van der Waals surface area contributed by atoms with Crippen molar-refractivity contribution in [2.45, 2.75) is 6.17 Å². The molecular weight excluding hydrogens is 635 g/mol. The molecule has 4 heteroatoms. The van der Waals surface area contributed by atoms with E-state index in [0.29, 0.717) is 0 Å². The fourth-order valence-corrected chi connectivity index (χ4v) is 8.21. The van der Waals surface area contributed by atoms with E-state index in [2.05, 4.69) is 168 Å². The minimum absolute atomic E-state index is 0.296. The predicted molar refractivity (Wildman–Crippen MR) is 216 cm³/mol. The summed E-state index contributed by atoms with van der Waals surface area (Å²) in [5.74, 6) is 0. The molecule has 0 amide bonds. The monoisotopic (exact) mass is 665 g/mol. The molecule has 1 aliphatic rings. The van der Waals surface area contributed by atoms with E-state index in [1.807, 2.05) is 18.2 Å². The van der Waals surface area contributed by atoms with E-state index >= 15 is 0 Å². The van der Waals surface area contributed by atoms with Gasteiger partial charge in [0.1, 0.15) is 17.3 Å². The molecular formula is C48H31N3O. The van der Waals surface area contributed by atoms with Crippen LogP contribution in [0.4, 0.5) is 0 Å². The van der Waals surface area contributed by atoms with E-state index in [9.17, 15) is 0 Å². The molecule has 0 saturated carbocycles. The number of hydrogen-bond donors (Lipinski definition) is 1. The van der Waals surface area contributed by atoms with Gasteiger partial charge in [0.15, 0.2) is 0 Å². The summed E-state index contributed by atoms with van der Waals surface area (Å²) in [5, 5.41) is 13.6. The average molecular weight is 666 g/mol. The van der Waals surface area contributed by atoms with Crippen LogP contribution in [0, 0.1) is 0 Å². The minimum atomic E-state index is -0.296. The maximum absolute atomic E-state index is 6.48. The van der Waals surface area contributed by atoms with Gasteiger partial charge in [-0.05, 0) is 75.1 Å². The van der Waals surface area contributed by atoms with E-state index in [-0.39, 0.29) is 6.17 Å². The highest BCUT2D eigenvalue weighted by molar-refractivity contribution is 6.28. The molecule has 3 heterocycles. The molecule has 2 aromatic heterocycles. The van der Waals surface area contributed by atoms with Crippen molar-refractivity contribution in [3.63, 3.8) is 0 Å². The molecule has 1 aliphatic heterocycles. The molecule has 244 valence electrons. The zero-order valence-electron chi connectivity index (χ0n) is 28.1. The Kier molecular flexibility index (Phi) is 6.28. The molecule has 0 spiro atoms. The lowest BCUT2D eigenvalue weighted by molar-refractivity contribution is 0.652. The zero-order valence-corrected chi connectivity index (χ0v) is 28.1. The number of furan rings is 1. The first-order valence-electron chi connectivity index (χ1n) is 17.7. The number of rotatable bonds is 4. The predicted octanol–water partition coefficient (Wildman–Crippen LogP) is 12.1. The van der Waals surface area contributed by atoms with Crippen LogP contribution in [0.25, 0.3) is 76.7 Å². The third-order valence-corrected chi connectivity index (χ3v) is 10.6. The second-order valence-corrected chi connectivity index (χ2v) is 13.6. The van der Waals surface area contributed by atoms with Crippen LogP contribution < -0.4 is 5.32 Å². The van der Waals surface area contributed by atoms with Crippen molar-refractivity contribution in [1.29, 1.82) is 0 Å². The van der Waals surface area contributed by atoms with E-state index < -0.39 is 0 Å². The summed E-state index contributed by atoms with van der Waals surface area (Å²) in [6.45, 7) is 0. The molecule has 10 aromatic rings. The number of nitrogens with zero attached hydrogens (tertiary/aromatic N) is 2. The van der Waals surface area contributed by atoms with Gasteiger partial charge < -0.3 is 14.3 Å². The lowest BCUT2D eigenvalue weighted by Crippen LogP contribution is -2.25. The van der Waals surface area contributed by atoms with E-state index in [1.165, 1.54) is 43.4 Å². The van der Waals surface area contributed by atoms with Crippen molar-refractivity contribution in [2.75, 3.05) is 0 Å². The maximum Gasteiger partial charge on any atom is 0.145 e. The fraction of sp³-hybridized carbons (Fsp3) is 0.0208. The Morgan fingerprint density at radius 1 is 0.519 bits per heavy atom. The smallest absolute Gasteiger partial charge is 0.145 e. The number of benzene rings is 8. The zero-order chi connectivity index (χ0) is 34.2. The van der Waals surface area contributed by atoms with Crippen molar-refractivity contribution in [3.8, 4) is 5.69 Å². The van der Waals surface area contributed by atoms with Gasteiger partial charge in [0.25, 0.3) is 0 Å². The molecule has 52 heavy (non-hydrogen) atoms. The van der Waals surface area contributed by atoms with Crippen LogP contribution in [0.1, 0.15) is 22.9 Å². The Morgan fingerprint density at radius 3 is 1.85 bits per heavy atom. The van der Waals surface area contributed by atoms with Crippen LogP contribution in [0.15, 0.2) is 185 Å². The van der Waals surface area contributed by atoms with Gasteiger partial charge in [0.05, 0.1) is 16.7 Å². The molecule has 0 saturated heterocycles. The molecule has 0 aliphatic carbocycles. The molecule has 0 fully saturated rings. The summed E-state index contributed by atoms with van der Waals surface area (Å²) in [6, 6.07) is 60.4. The van der Waals surface area contributed by atoms with Crippen molar-refractivity contribution in [1.82, 2.24) is 9.88 Å². The Hall–Kier alpha value is -6.91. The maximum atomic E-state index is 6.48. The molecule has 0 radical (unpaired) electrons. The standard InChI is InChI=1S/C48H31N3O/c1-2-13-32(14-3-1)40-29-41(39-19-10-18-38-37-17-8-9-20-44(37)52-47(38)39)50-48(49-40)33-21-25-34(26-22-33)51-42-27-23-30-11-4-6-15-35(30)45(42)46-36-16-7-5-12-31(36)24-28-43(46)51/h1-29,48,50H. The van der Waals surface area contributed by atoms with Crippen LogP contribution in [-0.2, 0) is 0 Å². The van der Waals surface area contributed by atoms with Gasteiger partial charge >= 0.3 is 0 Å². The highest BCUT2D eigenvalue weighted by Crippen LogP contribution is 2.41. The van der Waals surface area contributed by atoms with E-state index in [4.69, 9.17) is 9.41 Å². The second-order valence-electron chi connectivity index (χ2n) is 13.6. The fourth-order valence-electron chi connectivity index (χ4n) is 8.21. The van der Waals surface area contributed by atoms with Gasteiger partial charge in [-0.2, -0.15) is 0 Å². The topological polar surface area (TPSA) is 42.5 Å². The summed E-state index contributed by atoms with van der Waals surface area (Å²) in [5.41, 5.74) is 10.3. The van der Waals surface area contributed by atoms with Crippen LogP contribution in [0.5, 0.6) is 0 Å². The van der Waals surface area contributed by atoms with Crippen LogP contribution in [0.2, 0.25) is 0 Å². The van der Waals surface area contributed by atoms with E-state index in [1.54, 1.807) is 0 Å². The minimum Gasteiger partial charge on any atom is -0.455 e. The summed E-state index contributed by atoms with van der Waals surface area (Å²) in [4.78, 5) is 5.27.